The fraction of sp³-hybridized carbons (Fsp3) is 0.882. The molecule has 0 spiro atoms. The van der Waals surface area contributed by atoms with E-state index >= 15 is 0 Å². The van der Waals surface area contributed by atoms with Crippen LogP contribution in [-0.2, 0) is 14.3 Å². The van der Waals surface area contributed by atoms with Crippen molar-refractivity contribution in [2.75, 3.05) is 45.9 Å². The lowest BCUT2D eigenvalue weighted by atomic mass is 9.94. The van der Waals surface area contributed by atoms with Crippen LogP contribution in [0.3, 0.4) is 0 Å². The zero-order valence-corrected chi connectivity index (χ0v) is 14.0. The van der Waals surface area contributed by atoms with Crippen molar-refractivity contribution in [1.29, 1.82) is 0 Å². The van der Waals surface area contributed by atoms with Crippen molar-refractivity contribution >= 4 is 11.8 Å². The number of nitrogens with one attached hydrogen (secondary N) is 2. The molecule has 130 valence electrons. The number of carbonyl (C=O) groups is 2. The largest absolute Gasteiger partial charge is 0.370 e. The number of hydrogen-bond donors (Lipinski definition) is 2. The molecule has 2 N–H and O–H groups in total. The third-order valence-electron chi connectivity index (χ3n) is 5.52. The Kier molecular flexibility index (Phi) is 5.89. The second-order valence-corrected chi connectivity index (χ2v) is 7.14. The minimum Gasteiger partial charge on any atom is -0.370 e. The first-order valence-corrected chi connectivity index (χ1v) is 9.22. The number of ether oxygens (including phenoxy) is 1. The van der Waals surface area contributed by atoms with E-state index in [2.05, 4.69) is 5.32 Å². The summed E-state index contributed by atoms with van der Waals surface area (Å²) in [6.45, 7) is 5.94. The molecule has 0 aromatic rings. The van der Waals surface area contributed by atoms with E-state index in [-0.39, 0.29) is 17.7 Å². The molecule has 23 heavy (non-hydrogen) atoms. The maximum atomic E-state index is 12.3. The van der Waals surface area contributed by atoms with Gasteiger partial charge in [0.25, 0.3) is 0 Å². The molecule has 0 bridgehead atoms. The number of morpholine rings is 1. The fourth-order valence-electron chi connectivity index (χ4n) is 4.07. The van der Waals surface area contributed by atoms with Crippen LogP contribution < -0.4 is 10.2 Å². The van der Waals surface area contributed by atoms with E-state index in [1.165, 1.54) is 24.2 Å². The van der Waals surface area contributed by atoms with Gasteiger partial charge in [-0.2, -0.15) is 0 Å². The summed E-state index contributed by atoms with van der Waals surface area (Å²) in [5.41, 5.74) is 0. The summed E-state index contributed by atoms with van der Waals surface area (Å²) in [4.78, 5) is 28.0. The number of hydrogen-bond acceptors (Lipinski definition) is 3. The van der Waals surface area contributed by atoms with Gasteiger partial charge in [0, 0.05) is 19.0 Å². The van der Waals surface area contributed by atoms with Gasteiger partial charge in [-0.1, -0.05) is 19.3 Å². The summed E-state index contributed by atoms with van der Waals surface area (Å²) < 4.78 is 5.34. The SMILES string of the molecule is O=C(NCC[NH+]1CCOCC1)[C@@H]1CC(=O)N(C2CCCCC2)C1. The monoisotopic (exact) mass is 324 g/mol. The Bertz CT molecular complexity index is 417. The second-order valence-electron chi connectivity index (χ2n) is 7.14. The highest BCUT2D eigenvalue weighted by molar-refractivity contribution is 5.89. The summed E-state index contributed by atoms with van der Waals surface area (Å²) in [7, 11) is 0. The van der Waals surface area contributed by atoms with Crippen LogP contribution in [0.4, 0.5) is 0 Å². The van der Waals surface area contributed by atoms with E-state index in [1.807, 2.05) is 4.90 Å². The van der Waals surface area contributed by atoms with Gasteiger partial charge in [0.05, 0.1) is 32.2 Å². The molecule has 2 amide bonds. The summed E-state index contributed by atoms with van der Waals surface area (Å²) in [6.07, 6.45) is 6.33. The van der Waals surface area contributed by atoms with Crippen LogP contribution in [0.5, 0.6) is 0 Å². The smallest absolute Gasteiger partial charge is 0.225 e. The molecule has 0 aromatic carbocycles. The zero-order valence-electron chi connectivity index (χ0n) is 14.0. The average molecular weight is 324 g/mol. The van der Waals surface area contributed by atoms with Crippen molar-refractivity contribution in [3.63, 3.8) is 0 Å². The van der Waals surface area contributed by atoms with Crippen molar-refractivity contribution in [1.82, 2.24) is 10.2 Å². The Hall–Kier alpha value is -1.14. The molecule has 2 aliphatic heterocycles. The van der Waals surface area contributed by atoms with Crippen LogP contribution in [0.1, 0.15) is 38.5 Å². The first kappa shape index (κ1) is 16.7. The second kappa shape index (κ2) is 8.11. The molecule has 6 nitrogen and oxygen atoms in total. The van der Waals surface area contributed by atoms with E-state index in [9.17, 15) is 9.59 Å². The standard InChI is InChI=1S/C17H29N3O3/c21-16-12-14(13-20(16)15-4-2-1-3-5-15)17(22)18-6-7-19-8-10-23-11-9-19/h14-15H,1-13H2,(H,18,22)/p+1/t14-/m1/s1. The first-order valence-electron chi connectivity index (χ1n) is 9.22. The molecule has 0 radical (unpaired) electrons. The number of quaternary nitrogens is 1. The summed E-state index contributed by atoms with van der Waals surface area (Å²) >= 11 is 0. The highest BCUT2D eigenvalue weighted by Gasteiger charge is 2.38. The lowest BCUT2D eigenvalue weighted by Crippen LogP contribution is -3.14. The molecule has 0 unspecified atom stereocenters. The maximum absolute atomic E-state index is 12.3. The number of likely N-dealkylation sites (tertiary alicyclic amines) is 1. The lowest BCUT2D eigenvalue weighted by molar-refractivity contribution is -0.906. The Labute approximate surface area is 138 Å². The number of amides is 2. The predicted octanol–water partition coefficient (Wildman–Crippen LogP) is -0.801. The third-order valence-corrected chi connectivity index (χ3v) is 5.52. The Balaban J connectivity index is 1.40. The summed E-state index contributed by atoms with van der Waals surface area (Å²) in [5.74, 6) is 0.0873. The van der Waals surface area contributed by atoms with Gasteiger partial charge in [0.2, 0.25) is 11.8 Å². The van der Waals surface area contributed by atoms with E-state index in [0.29, 0.717) is 25.6 Å². The Morgan fingerprint density at radius 2 is 1.96 bits per heavy atom. The quantitative estimate of drug-likeness (QED) is 0.696. The van der Waals surface area contributed by atoms with Crippen LogP contribution in [0.15, 0.2) is 0 Å². The summed E-state index contributed by atoms with van der Waals surface area (Å²) in [5, 5.41) is 3.04. The molecular formula is C17H30N3O3+. The highest BCUT2D eigenvalue weighted by Crippen LogP contribution is 2.28. The van der Waals surface area contributed by atoms with Crippen LogP contribution in [0, 0.1) is 5.92 Å². The average Bonchev–Trinajstić information content (AvgIpc) is 2.98. The Morgan fingerprint density at radius 3 is 2.70 bits per heavy atom. The fourth-order valence-corrected chi connectivity index (χ4v) is 4.07. The van der Waals surface area contributed by atoms with Crippen LogP contribution in [-0.4, -0.2) is 68.7 Å². The van der Waals surface area contributed by atoms with Crippen molar-refractivity contribution in [2.45, 2.75) is 44.6 Å². The van der Waals surface area contributed by atoms with E-state index < -0.39 is 0 Å². The van der Waals surface area contributed by atoms with Crippen molar-refractivity contribution < 1.29 is 19.2 Å². The molecule has 2 heterocycles. The molecule has 2 saturated heterocycles. The van der Waals surface area contributed by atoms with Gasteiger partial charge in [-0.15, -0.1) is 0 Å². The van der Waals surface area contributed by atoms with Gasteiger partial charge >= 0.3 is 0 Å². The number of nitrogens with zero attached hydrogens (tertiary/aromatic N) is 1. The molecule has 3 aliphatic rings. The zero-order chi connectivity index (χ0) is 16.1. The molecule has 1 saturated carbocycles. The topological polar surface area (TPSA) is 63.1 Å². The molecule has 3 fully saturated rings. The first-order chi connectivity index (χ1) is 11.2. The molecule has 1 atom stereocenters. The molecular weight excluding hydrogens is 294 g/mol. The van der Waals surface area contributed by atoms with Crippen molar-refractivity contribution in [3.05, 3.63) is 0 Å². The van der Waals surface area contributed by atoms with Gasteiger partial charge in [0.15, 0.2) is 0 Å². The van der Waals surface area contributed by atoms with Crippen LogP contribution >= 0.6 is 0 Å². The van der Waals surface area contributed by atoms with Crippen LogP contribution in [0.2, 0.25) is 0 Å². The van der Waals surface area contributed by atoms with Gasteiger partial charge in [-0.3, -0.25) is 9.59 Å². The Morgan fingerprint density at radius 1 is 1.22 bits per heavy atom. The lowest BCUT2D eigenvalue weighted by Gasteiger charge is -2.31. The predicted molar refractivity (Wildman–Crippen MR) is 86.1 cm³/mol. The van der Waals surface area contributed by atoms with Gasteiger partial charge < -0.3 is 19.9 Å². The third kappa shape index (κ3) is 4.44. The molecule has 6 heteroatoms. The van der Waals surface area contributed by atoms with Crippen molar-refractivity contribution in [2.24, 2.45) is 5.92 Å². The minimum absolute atomic E-state index is 0.0596. The van der Waals surface area contributed by atoms with Gasteiger partial charge in [-0.25, -0.2) is 0 Å². The normalized spacial score (nSPS) is 27.4. The van der Waals surface area contributed by atoms with E-state index in [1.54, 1.807) is 0 Å². The van der Waals surface area contributed by atoms with E-state index in [0.717, 1.165) is 45.7 Å². The van der Waals surface area contributed by atoms with Gasteiger partial charge in [-0.05, 0) is 12.8 Å². The van der Waals surface area contributed by atoms with Gasteiger partial charge in [0.1, 0.15) is 13.1 Å². The molecule has 1 aliphatic carbocycles. The molecule has 3 rings (SSSR count). The van der Waals surface area contributed by atoms with Crippen molar-refractivity contribution in [3.8, 4) is 0 Å². The summed E-state index contributed by atoms with van der Waals surface area (Å²) in [6, 6.07) is 0.381. The highest BCUT2D eigenvalue weighted by atomic mass is 16.5. The maximum Gasteiger partial charge on any atom is 0.225 e. The van der Waals surface area contributed by atoms with E-state index in [4.69, 9.17) is 4.74 Å². The minimum atomic E-state index is -0.149. The number of carbonyl (C=O) groups excluding carboxylic acids is 2. The molecule has 0 aromatic heterocycles. The van der Waals surface area contributed by atoms with Crippen LogP contribution in [0.25, 0.3) is 0 Å². The number of rotatable bonds is 5.